The van der Waals surface area contributed by atoms with Gasteiger partial charge in [-0.1, -0.05) is 6.92 Å². The molecule has 1 saturated heterocycles. The van der Waals surface area contributed by atoms with Crippen LogP contribution < -0.4 is 5.32 Å². The van der Waals surface area contributed by atoms with E-state index in [1.807, 2.05) is 53.8 Å². The summed E-state index contributed by atoms with van der Waals surface area (Å²) in [5, 5.41) is 2.99. The van der Waals surface area contributed by atoms with Crippen molar-refractivity contribution >= 4 is 40.8 Å². The first kappa shape index (κ1) is 18.4. The largest absolute Gasteiger partial charge is 0.345 e. The zero-order chi connectivity index (χ0) is 20.7. The molecule has 4 heterocycles. The third-order valence-electron chi connectivity index (χ3n) is 5.97. The van der Waals surface area contributed by atoms with E-state index < -0.39 is 0 Å². The van der Waals surface area contributed by atoms with E-state index in [1.165, 1.54) is 0 Å². The Hall–Kier alpha value is -3.68. The number of nitrogens with zero attached hydrogens (tertiary/aromatic N) is 5. The number of aromatic nitrogens is 4. The van der Waals surface area contributed by atoms with Gasteiger partial charge in [-0.25, -0.2) is 14.8 Å². The summed E-state index contributed by atoms with van der Waals surface area (Å²) in [5.41, 5.74) is 4.31. The Kier molecular flexibility index (Phi) is 4.46. The van der Waals surface area contributed by atoms with Crippen LogP contribution in [0.3, 0.4) is 0 Å². The number of fused-ring (bicyclic) bond motifs is 3. The summed E-state index contributed by atoms with van der Waals surface area (Å²) >= 11 is 0. The molecule has 2 amide bonds. The highest BCUT2D eigenvalue weighted by Gasteiger charge is 2.33. The molecule has 3 aromatic heterocycles. The summed E-state index contributed by atoms with van der Waals surface area (Å²) in [5.74, 6) is 1.53. The zero-order valence-electron chi connectivity index (χ0n) is 16.7. The van der Waals surface area contributed by atoms with Crippen molar-refractivity contribution in [3.8, 4) is 0 Å². The van der Waals surface area contributed by atoms with Gasteiger partial charge in [0.25, 0.3) is 0 Å². The Balaban J connectivity index is 1.41. The van der Waals surface area contributed by atoms with Gasteiger partial charge in [0.05, 0.1) is 29.1 Å². The number of anilines is 1. The highest BCUT2D eigenvalue weighted by Crippen LogP contribution is 2.33. The quantitative estimate of drug-likeness (QED) is 0.504. The van der Waals surface area contributed by atoms with Crippen LogP contribution in [0.4, 0.5) is 16.2 Å². The second-order valence-electron chi connectivity index (χ2n) is 7.80. The average Bonchev–Trinajstić information content (AvgIpc) is 3.41. The van der Waals surface area contributed by atoms with Gasteiger partial charge in [-0.3, -0.25) is 9.39 Å². The molecule has 0 spiro atoms. The fraction of sp³-hybridized carbons (Fsp3) is 0.273. The predicted molar refractivity (Wildman–Crippen MR) is 118 cm³/mol. The summed E-state index contributed by atoms with van der Waals surface area (Å²) < 4.78 is 2.16. The summed E-state index contributed by atoms with van der Waals surface area (Å²) in [6.07, 6.45) is 6.50. The first-order valence-electron chi connectivity index (χ1n) is 10.1. The monoisotopic (exact) mass is 401 g/mol. The minimum absolute atomic E-state index is 0.0967. The second-order valence-corrected chi connectivity index (χ2v) is 7.80. The van der Waals surface area contributed by atoms with Crippen LogP contribution in [0.5, 0.6) is 0 Å². The molecule has 2 N–H and O–H groups in total. The average molecular weight is 401 g/mol. The molecule has 0 unspecified atom stereocenters. The molecule has 1 aliphatic rings. The number of likely N-dealkylation sites (tertiary alicyclic amines) is 1. The minimum Gasteiger partial charge on any atom is -0.345 e. The van der Waals surface area contributed by atoms with E-state index in [1.54, 1.807) is 0 Å². The zero-order valence-corrected chi connectivity index (χ0v) is 16.7. The van der Waals surface area contributed by atoms with Gasteiger partial charge >= 0.3 is 6.03 Å². The third-order valence-corrected chi connectivity index (χ3v) is 5.97. The molecular weight excluding hydrogens is 378 g/mol. The van der Waals surface area contributed by atoms with Crippen LogP contribution in [-0.2, 0) is 0 Å². The van der Waals surface area contributed by atoms with E-state index in [2.05, 4.69) is 38.3 Å². The third kappa shape index (κ3) is 3.10. The summed E-state index contributed by atoms with van der Waals surface area (Å²) in [6.45, 7) is 7.09. The van der Waals surface area contributed by atoms with Crippen molar-refractivity contribution in [1.29, 1.82) is 0 Å². The van der Waals surface area contributed by atoms with Crippen LogP contribution in [0.1, 0.15) is 25.1 Å². The van der Waals surface area contributed by atoms with Gasteiger partial charge in [-0.15, -0.1) is 0 Å². The molecule has 8 heteroatoms. The van der Waals surface area contributed by atoms with E-state index in [0.29, 0.717) is 12.5 Å². The Morgan fingerprint density at radius 3 is 2.83 bits per heavy atom. The van der Waals surface area contributed by atoms with Crippen molar-refractivity contribution < 1.29 is 4.79 Å². The molecule has 0 bridgehead atoms. The lowest BCUT2D eigenvalue weighted by atomic mass is 9.86. The lowest BCUT2D eigenvalue weighted by Crippen LogP contribution is -2.44. The van der Waals surface area contributed by atoms with E-state index in [9.17, 15) is 4.79 Å². The van der Waals surface area contributed by atoms with Crippen molar-refractivity contribution in [2.75, 3.05) is 18.4 Å². The first-order valence-corrected chi connectivity index (χ1v) is 10.1. The smallest absolute Gasteiger partial charge is 0.321 e. The Bertz CT molecular complexity index is 1220. The van der Waals surface area contributed by atoms with Gasteiger partial charge in [-0.05, 0) is 49.4 Å². The van der Waals surface area contributed by atoms with Gasteiger partial charge in [0.2, 0.25) is 0 Å². The molecule has 30 heavy (non-hydrogen) atoms. The predicted octanol–water partition coefficient (Wildman–Crippen LogP) is 4.20. The number of hydrogen-bond donors (Lipinski definition) is 2. The molecule has 4 aromatic rings. The Morgan fingerprint density at radius 2 is 2.03 bits per heavy atom. The molecule has 1 aliphatic heterocycles. The minimum atomic E-state index is -0.0967. The van der Waals surface area contributed by atoms with Crippen LogP contribution in [-0.4, -0.2) is 50.1 Å². The summed E-state index contributed by atoms with van der Waals surface area (Å²) in [7, 11) is 0. The number of aromatic amines is 1. The van der Waals surface area contributed by atoms with Crippen molar-refractivity contribution in [2.24, 2.45) is 10.9 Å². The highest BCUT2D eigenvalue weighted by molar-refractivity contribution is 5.89. The number of carbonyl (C=O) groups excluding carboxylic acids is 1. The Morgan fingerprint density at radius 1 is 1.23 bits per heavy atom. The highest BCUT2D eigenvalue weighted by atomic mass is 16.2. The maximum Gasteiger partial charge on any atom is 0.321 e. The molecule has 0 radical (unpaired) electrons. The molecule has 5 rings (SSSR count). The van der Waals surface area contributed by atoms with E-state index in [-0.39, 0.29) is 11.9 Å². The van der Waals surface area contributed by atoms with Crippen LogP contribution in [0, 0.1) is 5.92 Å². The Labute approximate surface area is 173 Å². The van der Waals surface area contributed by atoms with Crippen LogP contribution in [0.15, 0.2) is 53.9 Å². The van der Waals surface area contributed by atoms with Crippen molar-refractivity contribution in [1.82, 2.24) is 24.3 Å². The molecular formula is C22H23N7O. The standard InChI is InChI=1S/C22H23N7O/c1-14-8-10-28(22(30)27-16-5-3-15(23-2)4-6-16)13-18(14)21-26-12-17-11-25-20-19(29(17)21)7-9-24-20/h3-7,9,11-12,14,18,24H,2,8,10,13H2,1H3,(H,27,30)/t14-,18+/m1/s1. The van der Waals surface area contributed by atoms with Crippen LogP contribution in [0.2, 0.25) is 0 Å². The number of H-pyrrole nitrogens is 1. The fourth-order valence-electron chi connectivity index (χ4n) is 4.20. The molecule has 1 fully saturated rings. The molecule has 2 atom stereocenters. The van der Waals surface area contributed by atoms with E-state index >= 15 is 0 Å². The molecule has 8 nitrogen and oxygen atoms in total. The molecule has 152 valence electrons. The maximum absolute atomic E-state index is 12.9. The van der Waals surface area contributed by atoms with Crippen molar-refractivity contribution in [2.45, 2.75) is 19.3 Å². The summed E-state index contributed by atoms with van der Waals surface area (Å²) in [4.78, 5) is 31.0. The normalized spacial score (nSPS) is 19.3. The van der Waals surface area contributed by atoms with Crippen LogP contribution in [0.25, 0.3) is 16.7 Å². The number of piperidine rings is 1. The lowest BCUT2D eigenvalue weighted by molar-refractivity contribution is 0.170. The van der Waals surface area contributed by atoms with Gasteiger partial charge in [0, 0.05) is 30.9 Å². The number of carbonyl (C=O) groups is 1. The summed E-state index contributed by atoms with van der Waals surface area (Å²) in [6, 6.07) is 9.25. The first-order chi connectivity index (χ1) is 14.6. The molecule has 0 saturated carbocycles. The number of rotatable bonds is 3. The number of imidazole rings is 1. The topological polar surface area (TPSA) is 90.7 Å². The van der Waals surface area contributed by atoms with Crippen molar-refractivity contribution in [3.05, 3.63) is 54.7 Å². The lowest BCUT2D eigenvalue weighted by Gasteiger charge is -2.36. The maximum atomic E-state index is 12.9. The second kappa shape index (κ2) is 7.29. The number of hydrogen-bond acceptors (Lipinski definition) is 4. The van der Waals surface area contributed by atoms with Crippen LogP contribution >= 0.6 is 0 Å². The van der Waals surface area contributed by atoms with Gasteiger partial charge in [0.15, 0.2) is 5.65 Å². The fourth-order valence-corrected chi connectivity index (χ4v) is 4.20. The van der Waals surface area contributed by atoms with Gasteiger partial charge < -0.3 is 15.2 Å². The number of benzene rings is 1. The molecule has 1 aromatic carbocycles. The van der Waals surface area contributed by atoms with Gasteiger partial charge in [0.1, 0.15) is 5.82 Å². The van der Waals surface area contributed by atoms with E-state index in [0.717, 1.165) is 46.8 Å². The van der Waals surface area contributed by atoms with E-state index in [4.69, 9.17) is 4.98 Å². The number of urea groups is 1. The number of nitrogens with one attached hydrogen (secondary N) is 2. The number of aliphatic imine (C=N–C) groups is 1. The number of amides is 2. The van der Waals surface area contributed by atoms with Gasteiger partial charge in [-0.2, -0.15) is 0 Å². The SMILES string of the molecule is C=Nc1ccc(NC(=O)N2CC[C@@H](C)[C@@H](c3ncc4cnc5[nH]ccc5n34)C2)cc1. The van der Waals surface area contributed by atoms with Crippen molar-refractivity contribution in [3.63, 3.8) is 0 Å². The molecule has 0 aliphatic carbocycles.